The zero-order valence-electron chi connectivity index (χ0n) is 10.7. The van der Waals surface area contributed by atoms with Gasteiger partial charge in [-0.3, -0.25) is 14.7 Å². The van der Waals surface area contributed by atoms with Crippen molar-refractivity contribution in [1.82, 2.24) is 9.88 Å². The first kappa shape index (κ1) is 12.1. The lowest BCUT2D eigenvalue weighted by atomic mass is 10.2. The lowest BCUT2D eigenvalue weighted by Gasteiger charge is -2.15. The second kappa shape index (κ2) is 5.36. The fourth-order valence-electron chi connectivity index (χ4n) is 2.59. The third-order valence-electron chi connectivity index (χ3n) is 3.53. The van der Waals surface area contributed by atoms with Gasteiger partial charge in [0.2, 0.25) is 6.29 Å². The lowest BCUT2D eigenvalue weighted by molar-refractivity contribution is 0.375. The fourth-order valence-corrected chi connectivity index (χ4v) is 2.59. The van der Waals surface area contributed by atoms with Gasteiger partial charge in [-0.25, -0.2) is 0 Å². The third kappa shape index (κ3) is 2.74. The molecule has 4 nitrogen and oxygen atoms in total. The number of anilines is 1. The normalized spacial score (nSPS) is 19.7. The molecule has 1 atom stereocenters. The average Bonchev–Trinajstić information content (AvgIpc) is 2.86. The van der Waals surface area contributed by atoms with Gasteiger partial charge in [-0.15, -0.1) is 0 Å². The van der Waals surface area contributed by atoms with Gasteiger partial charge >= 0.3 is 0 Å². The molecule has 1 aliphatic rings. The molecule has 1 aliphatic heterocycles. The Hall–Kier alpha value is -1.94. The van der Waals surface area contributed by atoms with E-state index in [0.29, 0.717) is 12.6 Å². The SMILES string of the molecule is O=[C]CN1CC[C@@H](Nc2ccc3ncccc3c2)C1. The number of aromatic nitrogens is 1. The minimum absolute atomic E-state index is 0.405. The van der Waals surface area contributed by atoms with Gasteiger partial charge in [-0.2, -0.15) is 0 Å². The maximum absolute atomic E-state index is 10.4. The van der Waals surface area contributed by atoms with Crippen LogP contribution in [0.2, 0.25) is 0 Å². The Morgan fingerprint density at radius 3 is 3.26 bits per heavy atom. The molecule has 0 amide bonds. The molecule has 1 N–H and O–H groups in total. The number of carbonyl (C=O) groups excluding carboxylic acids is 1. The Morgan fingerprint density at radius 2 is 2.37 bits per heavy atom. The highest BCUT2D eigenvalue weighted by atomic mass is 16.1. The summed E-state index contributed by atoms with van der Waals surface area (Å²) in [6.07, 6.45) is 4.83. The standard InChI is InChI=1S/C15H16N3O/c19-9-8-18-7-5-14(11-18)17-13-3-4-15-12(10-13)2-1-6-16-15/h1-4,6,10,14,17H,5,7-8,11H2/t14-/m1/s1. The van der Waals surface area contributed by atoms with Crippen LogP contribution in [0.5, 0.6) is 0 Å². The zero-order chi connectivity index (χ0) is 13.1. The molecule has 0 saturated carbocycles. The molecule has 0 spiro atoms. The Labute approximate surface area is 112 Å². The molecule has 2 heterocycles. The third-order valence-corrected chi connectivity index (χ3v) is 3.53. The zero-order valence-corrected chi connectivity index (χ0v) is 10.7. The summed E-state index contributed by atoms with van der Waals surface area (Å²) in [6.45, 7) is 2.28. The number of likely N-dealkylation sites (tertiary alicyclic amines) is 1. The van der Waals surface area contributed by atoms with Crippen molar-refractivity contribution in [1.29, 1.82) is 0 Å². The van der Waals surface area contributed by atoms with Crippen LogP contribution in [-0.2, 0) is 4.79 Å². The molecule has 19 heavy (non-hydrogen) atoms. The number of pyridine rings is 1. The molecule has 0 aliphatic carbocycles. The van der Waals surface area contributed by atoms with Gasteiger partial charge in [0.1, 0.15) is 0 Å². The smallest absolute Gasteiger partial charge is 0.213 e. The van der Waals surface area contributed by atoms with Crippen LogP contribution in [0.15, 0.2) is 36.5 Å². The Bertz CT molecular complexity index is 584. The van der Waals surface area contributed by atoms with Crippen LogP contribution in [-0.4, -0.2) is 41.8 Å². The van der Waals surface area contributed by atoms with Crippen molar-refractivity contribution in [2.24, 2.45) is 0 Å². The van der Waals surface area contributed by atoms with Crippen molar-refractivity contribution >= 4 is 22.9 Å². The van der Waals surface area contributed by atoms with Crippen LogP contribution in [0.1, 0.15) is 6.42 Å². The van der Waals surface area contributed by atoms with Crippen LogP contribution in [0.3, 0.4) is 0 Å². The second-order valence-electron chi connectivity index (χ2n) is 4.92. The maximum atomic E-state index is 10.4. The first-order chi connectivity index (χ1) is 9.35. The van der Waals surface area contributed by atoms with Crippen molar-refractivity contribution < 1.29 is 4.79 Å². The highest BCUT2D eigenvalue weighted by Crippen LogP contribution is 2.20. The van der Waals surface area contributed by atoms with Crippen LogP contribution in [0.4, 0.5) is 5.69 Å². The van der Waals surface area contributed by atoms with Gasteiger partial charge in [0.15, 0.2) is 0 Å². The van der Waals surface area contributed by atoms with Crippen LogP contribution < -0.4 is 5.32 Å². The molecule has 97 valence electrons. The Balaban J connectivity index is 1.70. The Kier molecular flexibility index (Phi) is 3.42. The van der Waals surface area contributed by atoms with Gasteiger partial charge in [0.25, 0.3) is 0 Å². The first-order valence-corrected chi connectivity index (χ1v) is 6.54. The van der Waals surface area contributed by atoms with Crippen LogP contribution in [0.25, 0.3) is 10.9 Å². The van der Waals surface area contributed by atoms with E-state index >= 15 is 0 Å². The van der Waals surface area contributed by atoms with Crippen molar-refractivity contribution in [3.05, 3.63) is 36.5 Å². The summed E-state index contributed by atoms with van der Waals surface area (Å²) in [5, 5.41) is 4.66. The van der Waals surface area contributed by atoms with E-state index in [1.807, 2.05) is 18.4 Å². The molecule has 2 aromatic rings. The van der Waals surface area contributed by atoms with Crippen molar-refractivity contribution in [3.8, 4) is 0 Å². The molecule has 0 unspecified atom stereocenters. The quantitative estimate of drug-likeness (QED) is 0.904. The first-order valence-electron chi connectivity index (χ1n) is 6.54. The fraction of sp³-hybridized carbons (Fsp3) is 0.333. The van der Waals surface area contributed by atoms with E-state index < -0.39 is 0 Å². The summed E-state index contributed by atoms with van der Waals surface area (Å²) in [4.78, 5) is 16.8. The molecule has 4 heteroatoms. The van der Waals surface area contributed by atoms with E-state index in [1.54, 1.807) is 6.20 Å². The van der Waals surface area contributed by atoms with E-state index in [-0.39, 0.29) is 0 Å². The number of fused-ring (bicyclic) bond motifs is 1. The van der Waals surface area contributed by atoms with Gasteiger partial charge < -0.3 is 5.32 Å². The summed E-state index contributed by atoms with van der Waals surface area (Å²) in [6, 6.07) is 10.6. The van der Waals surface area contributed by atoms with Gasteiger partial charge in [-0.1, -0.05) is 6.07 Å². The Morgan fingerprint density at radius 1 is 1.42 bits per heavy atom. The van der Waals surface area contributed by atoms with E-state index in [0.717, 1.165) is 36.1 Å². The summed E-state index contributed by atoms with van der Waals surface area (Å²) in [5.41, 5.74) is 2.12. The molecule has 0 bridgehead atoms. The number of nitrogens with one attached hydrogen (secondary N) is 1. The van der Waals surface area contributed by atoms with Gasteiger partial charge in [0, 0.05) is 36.4 Å². The molecular weight excluding hydrogens is 238 g/mol. The summed E-state index contributed by atoms with van der Waals surface area (Å²) in [5.74, 6) is 0. The predicted octanol–water partition coefficient (Wildman–Crippen LogP) is 1.83. The largest absolute Gasteiger partial charge is 0.381 e. The number of hydrogen-bond donors (Lipinski definition) is 1. The van der Waals surface area contributed by atoms with Crippen LogP contribution in [0, 0.1) is 0 Å². The van der Waals surface area contributed by atoms with Crippen molar-refractivity contribution in [2.45, 2.75) is 12.5 Å². The molecule has 1 aromatic carbocycles. The highest BCUT2D eigenvalue weighted by Gasteiger charge is 2.21. The number of benzene rings is 1. The van der Waals surface area contributed by atoms with Crippen molar-refractivity contribution in [3.63, 3.8) is 0 Å². The molecular formula is C15H16N3O. The maximum Gasteiger partial charge on any atom is 0.213 e. The van der Waals surface area contributed by atoms with Crippen molar-refractivity contribution in [2.75, 3.05) is 25.0 Å². The second-order valence-corrected chi connectivity index (χ2v) is 4.92. The molecule has 1 fully saturated rings. The number of hydrogen-bond acceptors (Lipinski definition) is 4. The number of nitrogens with zero attached hydrogens (tertiary/aromatic N) is 2. The average molecular weight is 254 g/mol. The predicted molar refractivity (Wildman–Crippen MR) is 75.9 cm³/mol. The summed E-state index contributed by atoms with van der Waals surface area (Å²) in [7, 11) is 0. The summed E-state index contributed by atoms with van der Waals surface area (Å²) < 4.78 is 0. The minimum Gasteiger partial charge on any atom is -0.381 e. The van der Waals surface area contributed by atoms with E-state index in [2.05, 4.69) is 33.4 Å². The monoisotopic (exact) mass is 254 g/mol. The molecule has 1 saturated heterocycles. The number of rotatable bonds is 4. The molecule has 1 radical (unpaired) electrons. The summed E-state index contributed by atoms with van der Waals surface area (Å²) >= 11 is 0. The van der Waals surface area contributed by atoms with E-state index in [4.69, 9.17) is 0 Å². The lowest BCUT2D eigenvalue weighted by Crippen LogP contribution is -2.27. The highest BCUT2D eigenvalue weighted by molar-refractivity contribution is 5.82. The van der Waals surface area contributed by atoms with E-state index in [9.17, 15) is 4.79 Å². The van der Waals surface area contributed by atoms with Crippen LogP contribution >= 0.6 is 0 Å². The molecule has 3 rings (SSSR count). The van der Waals surface area contributed by atoms with E-state index in [1.165, 1.54) is 0 Å². The van der Waals surface area contributed by atoms with Gasteiger partial charge in [0.05, 0.1) is 12.1 Å². The van der Waals surface area contributed by atoms with Gasteiger partial charge in [-0.05, 0) is 30.7 Å². The molecule has 1 aromatic heterocycles. The topological polar surface area (TPSA) is 45.2 Å². The minimum atomic E-state index is 0.405.